The number of ketones is 1. The molecular formula is C11H18N4O. The molecule has 0 saturated carbocycles. The van der Waals surface area contributed by atoms with Gasteiger partial charge in [0.25, 0.3) is 0 Å². The minimum atomic E-state index is 0.116. The van der Waals surface area contributed by atoms with Crippen LogP contribution in [0.3, 0.4) is 0 Å². The Morgan fingerprint density at radius 2 is 1.81 bits per heavy atom. The van der Waals surface area contributed by atoms with Gasteiger partial charge in [0.05, 0.1) is 6.54 Å². The second-order valence-corrected chi connectivity index (χ2v) is 4.08. The fourth-order valence-corrected chi connectivity index (χ4v) is 1.38. The van der Waals surface area contributed by atoms with Crippen molar-refractivity contribution in [3.63, 3.8) is 0 Å². The van der Waals surface area contributed by atoms with Crippen molar-refractivity contribution < 1.29 is 4.79 Å². The number of aryl methyl sites for hydroxylation is 1. The average Bonchev–Trinajstić information content (AvgIpc) is 2.15. The van der Waals surface area contributed by atoms with Crippen molar-refractivity contribution in [1.82, 2.24) is 9.97 Å². The molecule has 88 valence electrons. The van der Waals surface area contributed by atoms with Crippen LogP contribution in [0.15, 0.2) is 6.07 Å². The molecule has 0 saturated heterocycles. The van der Waals surface area contributed by atoms with Crippen LogP contribution >= 0.6 is 0 Å². The molecule has 0 aliphatic carbocycles. The summed E-state index contributed by atoms with van der Waals surface area (Å²) in [6.45, 7) is 3.78. The fourth-order valence-electron chi connectivity index (χ4n) is 1.38. The lowest BCUT2D eigenvalue weighted by atomic mass is 10.4. The third-order valence-corrected chi connectivity index (χ3v) is 2.12. The maximum absolute atomic E-state index is 11.0. The Hall–Kier alpha value is -1.65. The summed E-state index contributed by atoms with van der Waals surface area (Å²) < 4.78 is 0. The van der Waals surface area contributed by atoms with Crippen LogP contribution in [0.25, 0.3) is 0 Å². The number of Topliss-reactive ketones (excluding diaryl/α,β-unsaturated/α-hetero) is 1. The van der Waals surface area contributed by atoms with Gasteiger partial charge < -0.3 is 9.80 Å². The van der Waals surface area contributed by atoms with E-state index in [0.717, 1.165) is 11.6 Å². The SMILES string of the molecule is CC(=O)CN(C)c1cc(N(C)C)nc(C)n1. The summed E-state index contributed by atoms with van der Waals surface area (Å²) in [4.78, 5) is 23.4. The Morgan fingerprint density at radius 1 is 1.25 bits per heavy atom. The van der Waals surface area contributed by atoms with Crippen molar-refractivity contribution in [2.24, 2.45) is 0 Å². The van der Waals surface area contributed by atoms with Gasteiger partial charge in [-0.15, -0.1) is 0 Å². The van der Waals surface area contributed by atoms with Crippen LogP contribution in [-0.2, 0) is 4.79 Å². The van der Waals surface area contributed by atoms with Gasteiger partial charge in [-0.25, -0.2) is 9.97 Å². The van der Waals surface area contributed by atoms with E-state index < -0.39 is 0 Å². The highest BCUT2D eigenvalue weighted by molar-refractivity contribution is 5.80. The Kier molecular flexibility index (Phi) is 3.82. The molecule has 0 amide bonds. The van der Waals surface area contributed by atoms with Crippen LogP contribution in [0.2, 0.25) is 0 Å². The fraction of sp³-hybridized carbons (Fsp3) is 0.545. The Bertz CT molecular complexity index is 390. The molecule has 0 unspecified atom stereocenters. The van der Waals surface area contributed by atoms with E-state index in [9.17, 15) is 4.79 Å². The van der Waals surface area contributed by atoms with Crippen molar-refractivity contribution in [2.45, 2.75) is 13.8 Å². The lowest BCUT2D eigenvalue weighted by Gasteiger charge is -2.19. The molecule has 0 aliphatic heterocycles. The summed E-state index contributed by atoms with van der Waals surface area (Å²) in [5, 5.41) is 0. The van der Waals surface area contributed by atoms with Gasteiger partial charge in [0, 0.05) is 27.2 Å². The molecule has 0 bridgehead atoms. The summed E-state index contributed by atoms with van der Waals surface area (Å²) in [6, 6.07) is 1.87. The molecule has 5 heteroatoms. The van der Waals surface area contributed by atoms with Crippen molar-refractivity contribution in [3.8, 4) is 0 Å². The molecule has 1 aromatic heterocycles. The van der Waals surface area contributed by atoms with E-state index in [0.29, 0.717) is 12.4 Å². The maximum atomic E-state index is 11.0. The highest BCUT2D eigenvalue weighted by Gasteiger charge is 2.09. The van der Waals surface area contributed by atoms with Gasteiger partial charge in [-0.3, -0.25) is 4.79 Å². The zero-order chi connectivity index (χ0) is 12.3. The Labute approximate surface area is 96.1 Å². The predicted molar refractivity (Wildman–Crippen MR) is 65.0 cm³/mol. The molecule has 1 heterocycles. The number of hydrogen-bond acceptors (Lipinski definition) is 5. The summed E-state index contributed by atoms with van der Waals surface area (Å²) in [5.74, 6) is 2.44. The van der Waals surface area contributed by atoms with Crippen LogP contribution < -0.4 is 9.80 Å². The zero-order valence-electron chi connectivity index (χ0n) is 10.5. The number of carbonyl (C=O) groups excluding carboxylic acids is 1. The molecule has 0 aromatic carbocycles. The van der Waals surface area contributed by atoms with Crippen molar-refractivity contribution in [2.75, 3.05) is 37.5 Å². The van der Waals surface area contributed by atoms with E-state index >= 15 is 0 Å². The quantitative estimate of drug-likeness (QED) is 0.756. The number of rotatable bonds is 4. The van der Waals surface area contributed by atoms with E-state index in [1.807, 2.05) is 43.9 Å². The lowest BCUT2D eigenvalue weighted by molar-refractivity contribution is -0.115. The molecule has 0 aliphatic rings. The smallest absolute Gasteiger partial charge is 0.149 e. The molecular weight excluding hydrogens is 204 g/mol. The number of anilines is 2. The van der Waals surface area contributed by atoms with Crippen molar-refractivity contribution >= 4 is 17.4 Å². The summed E-state index contributed by atoms with van der Waals surface area (Å²) in [7, 11) is 5.70. The first-order chi connectivity index (χ1) is 7.40. The normalized spacial score (nSPS) is 10.1. The van der Waals surface area contributed by atoms with Crippen LogP contribution in [0.5, 0.6) is 0 Å². The highest BCUT2D eigenvalue weighted by atomic mass is 16.1. The van der Waals surface area contributed by atoms with Gasteiger partial charge in [0.15, 0.2) is 0 Å². The van der Waals surface area contributed by atoms with Gasteiger partial charge in [-0.05, 0) is 13.8 Å². The highest BCUT2D eigenvalue weighted by Crippen LogP contribution is 2.16. The lowest BCUT2D eigenvalue weighted by Crippen LogP contribution is -2.25. The van der Waals surface area contributed by atoms with E-state index in [1.165, 1.54) is 0 Å². The topological polar surface area (TPSA) is 49.3 Å². The van der Waals surface area contributed by atoms with Crippen LogP contribution in [0.1, 0.15) is 12.7 Å². The van der Waals surface area contributed by atoms with Gasteiger partial charge >= 0.3 is 0 Å². The minimum Gasteiger partial charge on any atom is -0.363 e. The molecule has 1 aromatic rings. The van der Waals surface area contributed by atoms with Gasteiger partial charge in [0.1, 0.15) is 23.2 Å². The third-order valence-electron chi connectivity index (χ3n) is 2.12. The molecule has 5 nitrogen and oxygen atoms in total. The molecule has 0 fully saturated rings. The molecule has 1 rings (SSSR count). The van der Waals surface area contributed by atoms with E-state index in [4.69, 9.17) is 0 Å². The second-order valence-electron chi connectivity index (χ2n) is 4.08. The largest absolute Gasteiger partial charge is 0.363 e. The zero-order valence-corrected chi connectivity index (χ0v) is 10.5. The number of carbonyl (C=O) groups is 1. The number of hydrogen-bond donors (Lipinski definition) is 0. The Morgan fingerprint density at radius 3 is 2.31 bits per heavy atom. The van der Waals surface area contributed by atoms with E-state index in [1.54, 1.807) is 6.92 Å². The molecule has 0 N–H and O–H groups in total. The number of likely N-dealkylation sites (N-methyl/N-ethyl adjacent to an activating group) is 1. The minimum absolute atomic E-state index is 0.116. The van der Waals surface area contributed by atoms with E-state index in [2.05, 4.69) is 9.97 Å². The van der Waals surface area contributed by atoms with Gasteiger partial charge in [-0.2, -0.15) is 0 Å². The average molecular weight is 222 g/mol. The molecule has 16 heavy (non-hydrogen) atoms. The maximum Gasteiger partial charge on any atom is 0.149 e. The first-order valence-electron chi connectivity index (χ1n) is 5.13. The van der Waals surface area contributed by atoms with Crippen molar-refractivity contribution in [1.29, 1.82) is 0 Å². The monoisotopic (exact) mass is 222 g/mol. The van der Waals surface area contributed by atoms with Crippen LogP contribution in [0.4, 0.5) is 11.6 Å². The number of nitrogens with zero attached hydrogens (tertiary/aromatic N) is 4. The standard InChI is InChI=1S/C11H18N4O/c1-8(16)7-15(5)11-6-10(14(3)4)12-9(2)13-11/h6H,7H2,1-5H3. The predicted octanol–water partition coefficient (Wildman–Crippen LogP) is 0.876. The van der Waals surface area contributed by atoms with Crippen molar-refractivity contribution in [3.05, 3.63) is 11.9 Å². The third kappa shape index (κ3) is 3.18. The summed E-state index contributed by atoms with van der Waals surface area (Å²) >= 11 is 0. The number of aromatic nitrogens is 2. The van der Waals surface area contributed by atoms with E-state index in [-0.39, 0.29) is 5.78 Å². The second kappa shape index (κ2) is 4.92. The molecule has 0 atom stereocenters. The Balaban J connectivity index is 2.99. The van der Waals surface area contributed by atoms with Crippen LogP contribution in [0, 0.1) is 6.92 Å². The summed E-state index contributed by atoms with van der Waals surface area (Å²) in [5.41, 5.74) is 0. The van der Waals surface area contributed by atoms with Gasteiger partial charge in [-0.1, -0.05) is 0 Å². The first kappa shape index (κ1) is 12.4. The first-order valence-corrected chi connectivity index (χ1v) is 5.13. The molecule has 0 radical (unpaired) electrons. The summed E-state index contributed by atoms with van der Waals surface area (Å²) in [6.07, 6.45) is 0. The van der Waals surface area contributed by atoms with Crippen LogP contribution in [-0.4, -0.2) is 43.4 Å². The molecule has 0 spiro atoms. The van der Waals surface area contributed by atoms with Gasteiger partial charge in [0.2, 0.25) is 0 Å².